The largest absolute Gasteiger partial charge is 0.472 e. The lowest BCUT2D eigenvalue weighted by Gasteiger charge is -2.26. The molecule has 0 spiro atoms. The average Bonchev–Trinajstić information content (AvgIpc) is 1.84. The van der Waals surface area contributed by atoms with Crippen molar-refractivity contribution in [1.82, 2.24) is 4.90 Å². The molecule has 0 aliphatic rings. The Bertz CT molecular complexity index is 213. The molecule has 4 heteroatoms. The Balaban J connectivity index is 0. The molecule has 0 saturated carbocycles. The van der Waals surface area contributed by atoms with Gasteiger partial charge in [0.05, 0.1) is 5.54 Å². The van der Waals surface area contributed by atoms with E-state index in [0.717, 1.165) is 0 Å². The minimum Gasteiger partial charge on any atom is -0.472 e. The van der Waals surface area contributed by atoms with Crippen molar-refractivity contribution in [3.8, 4) is 11.8 Å². The van der Waals surface area contributed by atoms with Gasteiger partial charge in [0.1, 0.15) is 0 Å². The van der Waals surface area contributed by atoms with Crippen LogP contribution in [0.5, 0.6) is 0 Å². The lowest BCUT2D eigenvalue weighted by molar-refractivity contribution is -0.130. The molecule has 0 aromatic carbocycles. The average molecular weight is 192 g/mol. The Hall–Kier alpha value is -0.720. The highest BCUT2D eigenvalue weighted by molar-refractivity contribution is 5.86. The second-order valence-electron chi connectivity index (χ2n) is 3.01. The second-order valence-corrected chi connectivity index (χ2v) is 3.01. The van der Waals surface area contributed by atoms with Crippen LogP contribution in [-0.2, 0) is 4.79 Å². The zero-order chi connectivity index (χ0) is 9.07. The van der Waals surface area contributed by atoms with E-state index >= 15 is 0 Å². The number of carboxylic acids is 1. The van der Waals surface area contributed by atoms with Gasteiger partial charge in [-0.3, -0.25) is 4.90 Å². The third kappa shape index (κ3) is 5.00. The van der Waals surface area contributed by atoms with Gasteiger partial charge in [-0.25, -0.2) is 4.79 Å². The van der Waals surface area contributed by atoms with E-state index in [4.69, 9.17) is 5.11 Å². The van der Waals surface area contributed by atoms with Crippen molar-refractivity contribution in [2.24, 2.45) is 0 Å². The van der Waals surface area contributed by atoms with Crippen molar-refractivity contribution in [2.45, 2.75) is 19.4 Å². The van der Waals surface area contributed by atoms with Crippen molar-refractivity contribution in [3.63, 3.8) is 0 Å². The maximum absolute atomic E-state index is 10.1. The molecule has 0 rings (SSSR count). The van der Waals surface area contributed by atoms with Crippen LogP contribution in [0.15, 0.2) is 0 Å². The van der Waals surface area contributed by atoms with Crippen molar-refractivity contribution in [3.05, 3.63) is 0 Å². The van der Waals surface area contributed by atoms with Crippen LogP contribution in [0.25, 0.3) is 0 Å². The number of halogens is 1. The first-order chi connectivity index (χ1) is 4.86. The van der Waals surface area contributed by atoms with Crippen molar-refractivity contribution < 1.29 is 9.90 Å². The summed E-state index contributed by atoms with van der Waals surface area (Å²) in [6.45, 7) is 3.73. The van der Waals surface area contributed by atoms with Crippen LogP contribution in [0.4, 0.5) is 0 Å². The van der Waals surface area contributed by atoms with E-state index in [9.17, 15) is 4.79 Å². The lowest BCUT2D eigenvalue weighted by Crippen LogP contribution is -2.36. The molecule has 1 N–H and O–H groups in total. The van der Waals surface area contributed by atoms with Crippen LogP contribution in [-0.4, -0.2) is 35.6 Å². The maximum Gasteiger partial charge on any atom is 0.381 e. The van der Waals surface area contributed by atoms with Gasteiger partial charge in [-0.1, -0.05) is 5.92 Å². The SMILES string of the molecule is CN(C)C(C)(C)C#CC(=O)O.Cl. The number of hydrogen-bond acceptors (Lipinski definition) is 2. The van der Waals surface area contributed by atoms with Crippen LogP contribution in [0.1, 0.15) is 13.8 Å². The standard InChI is InChI=1S/C8H13NO2.ClH/c1-8(2,9(3)4)6-5-7(10)11;/h1-4H3,(H,10,11);1H. The number of carbonyl (C=O) groups is 1. The zero-order valence-electron chi connectivity index (χ0n) is 7.71. The van der Waals surface area contributed by atoms with Gasteiger partial charge in [0.2, 0.25) is 0 Å². The van der Waals surface area contributed by atoms with Gasteiger partial charge in [-0.15, -0.1) is 12.4 Å². The Morgan fingerprint density at radius 3 is 2.08 bits per heavy atom. The highest BCUT2D eigenvalue weighted by Crippen LogP contribution is 2.06. The first kappa shape index (κ1) is 13.8. The maximum atomic E-state index is 10.1. The molecule has 0 aromatic rings. The molecule has 0 heterocycles. The summed E-state index contributed by atoms with van der Waals surface area (Å²) in [6, 6.07) is 0. The molecular weight excluding hydrogens is 178 g/mol. The minimum atomic E-state index is -1.08. The van der Waals surface area contributed by atoms with Crippen molar-refractivity contribution in [2.75, 3.05) is 14.1 Å². The molecule has 0 amide bonds. The van der Waals surface area contributed by atoms with E-state index in [1.54, 1.807) is 0 Å². The van der Waals surface area contributed by atoms with Gasteiger partial charge < -0.3 is 5.11 Å². The summed E-state index contributed by atoms with van der Waals surface area (Å²) in [6.07, 6.45) is 0. The number of nitrogens with zero attached hydrogens (tertiary/aromatic N) is 1. The summed E-state index contributed by atoms with van der Waals surface area (Å²) in [7, 11) is 3.72. The molecule has 0 saturated heterocycles. The smallest absolute Gasteiger partial charge is 0.381 e. The quantitative estimate of drug-likeness (QED) is 0.625. The minimum absolute atomic E-state index is 0. The molecule has 0 unspecified atom stereocenters. The summed E-state index contributed by atoms with van der Waals surface area (Å²) in [5, 5.41) is 8.27. The summed E-state index contributed by atoms with van der Waals surface area (Å²) >= 11 is 0. The van der Waals surface area contributed by atoms with Gasteiger partial charge in [-0.2, -0.15) is 0 Å². The van der Waals surface area contributed by atoms with Gasteiger partial charge >= 0.3 is 5.97 Å². The third-order valence-electron chi connectivity index (χ3n) is 1.59. The van der Waals surface area contributed by atoms with E-state index in [2.05, 4.69) is 11.8 Å². The Morgan fingerprint density at radius 2 is 1.83 bits per heavy atom. The summed E-state index contributed by atoms with van der Waals surface area (Å²) in [5.74, 6) is 3.64. The van der Waals surface area contributed by atoms with Crippen LogP contribution in [0, 0.1) is 11.8 Å². The molecule has 12 heavy (non-hydrogen) atoms. The highest BCUT2D eigenvalue weighted by Gasteiger charge is 2.16. The first-order valence-electron chi connectivity index (χ1n) is 3.30. The Kier molecular flexibility index (Phi) is 5.79. The molecule has 0 atom stereocenters. The van der Waals surface area contributed by atoms with Gasteiger partial charge in [0, 0.05) is 5.92 Å². The summed E-state index contributed by atoms with van der Waals surface area (Å²) in [5.41, 5.74) is -0.377. The van der Waals surface area contributed by atoms with E-state index in [-0.39, 0.29) is 17.9 Å². The fourth-order valence-electron chi connectivity index (χ4n) is 0.318. The molecule has 0 aliphatic carbocycles. The molecule has 0 fully saturated rings. The van der Waals surface area contributed by atoms with Gasteiger partial charge in [-0.05, 0) is 27.9 Å². The second kappa shape index (κ2) is 5.02. The molecule has 3 nitrogen and oxygen atoms in total. The molecule has 0 aliphatic heterocycles. The van der Waals surface area contributed by atoms with E-state index in [1.165, 1.54) is 0 Å². The predicted molar refractivity (Wildman–Crippen MR) is 50.4 cm³/mol. The van der Waals surface area contributed by atoms with Gasteiger partial charge in [0.25, 0.3) is 0 Å². The number of rotatable bonds is 1. The molecule has 0 bridgehead atoms. The van der Waals surface area contributed by atoms with Crippen molar-refractivity contribution >= 4 is 18.4 Å². The highest BCUT2D eigenvalue weighted by atomic mass is 35.5. The Labute approximate surface area is 79.2 Å². The molecular formula is C8H14ClNO2. The summed E-state index contributed by atoms with van der Waals surface area (Å²) < 4.78 is 0. The third-order valence-corrected chi connectivity index (χ3v) is 1.59. The van der Waals surface area contributed by atoms with E-state index in [0.29, 0.717) is 0 Å². The van der Waals surface area contributed by atoms with Crippen LogP contribution < -0.4 is 0 Å². The zero-order valence-corrected chi connectivity index (χ0v) is 8.53. The topological polar surface area (TPSA) is 40.5 Å². The summed E-state index contributed by atoms with van der Waals surface area (Å²) in [4.78, 5) is 11.9. The number of hydrogen-bond donors (Lipinski definition) is 1. The Morgan fingerprint density at radius 1 is 1.42 bits per heavy atom. The molecule has 0 radical (unpaired) electrons. The molecule has 70 valence electrons. The normalized spacial score (nSPS) is 9.75. The van der Waals surface area contributed by atoms with Crippen molar-refractivity contribution in [1.29, 1.82) is 0 Å². The molecule has 0 aromatic heterocycles. The van der Waals surface area contributed by atoms with E-state index in [1.807, 2.05) is 32.8 Å². The number of aliphatic carboxylic acids is 1. The van der Waals surface area contributed by atoms with Gasteiger partial charge in [0.15, 0.2) is 0 Å². The van der Waals surface area contributed by atoms with Crippen LogP contribution >= 0.6 is 12.4 Å². The fourth-order valence-corrected chi connectivity index (χ4v) is 0.318. The van der Waals surface area contributed by atoms with E-state index < -0.39 is 5.97 Å². The van der Waals surface area contributed by atoms with Crippen LogP contribution in [0.3, 0.4) is 0 Å². The monoisotopic (exact) mass is 191 g/mol. The first-order valence-corrected chi connectivity index (χ1v) is 3.30. The predicted octanol–water partition coefficient (Wildman–Crippen LogP) is 0.836. The lowest BCUT2D eigenvalue weighted by atomic mass is 10.1. The van der Waals surface area contributed by atoms with Crippen LogP contribution in [0.2, 0.25) is 0 Å². The number of carboxylic acid groups (broad SMARTS) is 1. The fraction of sp³-hybridized carbons (Fsp3) is 0.625.